The summed E-state index contributed by atoms with van der Waals surface area (Å²) in [6.45, 7) is 3.86. The molecule has 0 radical (unpaired) electrons. The maximum atomic E-state index is 11.4. The summed E-state index contributed by atoms with van der Waals surface area (Å²) >= 11 is 0. The van der Waals surface area contributed by atoms with Crippen LogP contribution in [0, 0.1) is 5.92 Å². The van der Waals surface area contributed by atoms with E-state index in [2.05, 4.69) is 12.2 Å². The Labute approximate surface area is 115 Å². The molecular weight excluding hydrogens is 236 g/mol. The fourth-order valence-electron chi connectivity index (χ4n) is 2.89. The molecule has 104 valence electrons. The van der Waals surface area contributed by atoms with Crippen LogP contribution in [0.5, 0.6) is 0 Å². The van der Waals surface area contributed by atoms with Crippen molar-refractivity contribution in [2.75, 3.05) is 11.1 Å². The Morgan fingerprint density at radius 3 is 2.68 bits per heavy atom. The molecule has 3 nitrogen and oxygen atoms in total. The molecule has 1 saturated carbocycles. The first-order valence-electron chi connectivity index (χ1n) is 7.25. The van der Waals surface area contributed by atoms with Crippen molar-refractivity contribution in [2.24, 2.45) is 5.92 Å². The van der Waals surface area contributed by atoms with Crippen LogP contribution in [-0.4, -0.2) is 11.8 Å². The number of anilines is 2. The van der Waals surface area contributed by atoms with Gasteiger partial charge < -0.3 is 11.1 Å². The second kappa shape index (κ2) is 6.09. The molecule has 2 unspecified atom stereocenters. The summed E-state index contributed by atoms with van der Waals surface area (Å²) in [5.74, 6) is 0.711. The first-order valence-corrected chi connectivity index (χ1v) is 7.25. The van der Waals surface area contributed by atoms with Gasteiger partial charge in [0.05, 0.1) is 0 Å². The quantitative estimate of drug-likeness (QED) is 0.493. The summed E-state index contributed by atoms with van der Waals surface area (Å²) in [6.07, 6.45) is 6.48. The predicted molar refractivity (Wildman–Crippen MR) is 80.5 cm³/mol. The van der Waals surface area contributed by atoms with Gasteiger partial charge in [-0.2, -0.15) is 0 Å². The van der Waals surface area contributed by atoms with Crippen molar-refractivity contribution in [3.05, 3.63) is 23.8 Å². The van der Waals surface area contributed by atoms with Crippen molar-refractivity contribution in [1.82, 2.24) is 0 Å². The lowest BCUT2D eigenvalue weighted by Crippen LogP contribution is -2.26. The SMILES string of the molecule is CC(=O)c1ccc(NC2CCCCCC2C)cc1N. The predicted octanol–water partition coefficient (Wildman–Crippen LogP) is 3.85. The zero-order valence-electron chi connectivity index (χ0n) is 11.9. The summed E-state index contributed by atoms with van der Waals surface area (Å²) in [6, 6.07) is 6.19. The van der Waals surface area contributed by atoms with Crippen LogP contribution in [-0.2, 0) is 0 Å². The molecule has 1 aromatic rings. The van der Waals surface area contributed by atoms with Crippen molar-refractivity contribution >= 4 is 17.2 Å². The Kier molecular flexibility index (Phi) is 4.46. The molecule has 0 amide bonds. The molecule has 0 saturated heterocycles. The van der Waals surface area contributed by atoms with Crippen LogP contribution in [0.4, 0.5) is 11.4 Å². The van der Waals surface area contributed by atoms with Gasteiger partial charge in [0.2, 0.25) is 0 Å². The van der Waals surface area contributed by atoms with Gasteiger partial charge >= 0.3 is 0 Å². The maximum absolute atomic E-state index is 11.4. The van der Waals surface area contributed by atoms with Crippen molar-refractivity contribution in [2.45, 2.75) is 52.0 Å². The van der Waals surface area contributed by atoms with Crippen molar-refractivity contribution < 1.29 is 4.79 Å². The molecule has 0 aliphatic heterocycles. The minimum absolute atomic E-state index is 0.0203. The van der Waals surface area contributed by atoms with E-state index in [1.165, 1.54) is 32.1 Å². The first-order chi connectivity index (χ1) is 9.08. The van der Waals surface area contributed by atoms with Crippen LogP contribution in [0.15, 0.2) is 18.2 Å². The van der Waals surface area contributed by atoms with Crippen LogP contribution >= 0.6 is 0 Å². The van der Waals surface area contributed by atoms with E-state index in [1.54, 1.807) is 6.92 Å². The molecule has 1 fully saturated rings. The van der Waals surface area contributed by atoms with E-state index in [-0.39, 0.29) is 5.78 Å². The summed E-state index contributed by atoms with van der Waals surface area (Å²) in [7, 11) is 0. The highest BCUT2D eigenvalue weighted by Crippen LogP contribution is 2.27. The second-order valence-corrected chi connectivity index (χ2v) is 5.72. The van der Waals surface area contributed by atoms with Gasteiger partial charge in [-0.15, -0.1) is 0 Å². The summed E-state index contributed by atoms with van der Waals surface area (Å²) in [5, 5.41) is 3.59. The monoisotopic (exact) mass is 260 g/mol. The highest BCUT2D eigenvalue weighted by atomic mass is 16.1. The molecule has 0 heterocycles. The van der Waals surface area contributed by atoms with E-state index < -0.39 is 0 Å². The molecular formula is C16H24N2O. The molecule has 1 aromatic carbocycles. The number of hydrogen-bond acceptors (Lipinski definition) is 3. The molecule has 3 heteroatoms. The van der Waals surface area contributed by atoms with Crippen LogP contribution < -0.4 is 11.1 Å². The number of carbonyl (C=O) groups is 1. The molecule has 1 aliphatic carbocycles. The van der Waals surface area contributed by atoms with Crippen LogP contribution in [0.25, 0.3) is 0 Å². The standard InChI is InChI=1S/C16H24N2O/c1-11-6-4-3-5-7-16(11)18-13-8-9-14(12(2)19)15(17)10-13/h8-11,16,18H,3-7,17H2,1-2H3. The smallest absolute Gasteiger partial charge is 0.161 e. The van der Waals surface area contributed by atoms with Gasteiger partial charge in [0.25, 0.3) is 0 Å². The number of ketones is 1. The molecule has 2 rings (SSSR count). The van der Waals surface area contributed by atoms with Gasteiger partial charge in [-0.05, 0) is 43.9 Å². The maximum Gasteiger partial charge on any atom is 0.161 e. The lowest BCUT2D eigenvalue weighted by molar-refractivity contribution is 0.101. The Hall–Kier alpha value is -1.51. The molecule has 1 aliphatic rings. The third-order valence-corrected chi connectivity index (χ3v) is 4.14. The largest absolute Gasteiger partial charge is 0.398 e. The summed E-state index contributed by atoms with van der Waals surface area (Å²) < 4.78 is 0. The van der Waals surface area contributed by atoms with Crippen molar-refractivity contribution in [1.29, 1.82) is 0 Å². The van der Waals surface area contributed by atoms with Crippen LogP contribution in [0.1, 0.15) is 56.3 Å². The molecule has 19 heavy (non-hydrogen) atoms. The van der Waals surface area contributed by atoms with E-state index in [1.807, 2.05) is 18.2 Å². The third-order valence-electron chi connectivity index (χ3n) is 4.14. The number of carbonyl (C=O) groups excluding carboxylic acids is 1. The number of rotatable bonds is 3. The zero-order chi connectivity index (χ0) is 13.8. The van der Waals surface area contributed by atoms with E-state index in [0.717, 1.165) is 5.69 Å². The lowest BCUT2D eigenvalue weighted by atomic mass is 9.96. The average molecular weight is 260 g/mol. The highest BCUT2D eigenvalue weighted by Gasteiger charge is 2.19. The van der Waals surface area contributed by atoms with E-state index in [4.69, 9.17) is 5.73 Å². The zero-order valence-corrected chi connectivity index (χ0v) is 11.9. The Bertz CT molecular complexity index is 456. The summed E-state index contributed by atoms with van der Waals surface area (Å²) in [5.41, 5.74) is 8.14. The number of nitrogen functional groups attached to an aromatic ring is 1. The molecule has 0 spiro atoms. The van der Waals surface area contributed by atoms with Gasteiger partial charge in [-0.25, -0.2) is 0 Å². The number of hydrogen-bond donors (Lipinski definition) is 2. The minimum atomic E-state index is 0.0203. The fraction of sp³-hybridized carbons (Fsp3) is 0.562. The Morgan fingerprint density at radius 1 is 1.26 bits per heavy atom. The second-order valence-electron chi connectivity index (χ2n) is 5.72. The highest BCUT2D eigenvalue weighted by molar-refractivity contribution is 5.99. The number of benzene rings is 1. The molecule has 0 bridgehead atoms. The topological polar surface area (TPSA) is 55.1 Å². The van der Waals surface area contributed by atoms with Crippen molar-refractivity contribution in [3.63, 3.8) is 0 Å². The number of nitrogens with one attached hydrogen (secondary N) is 1. The average Bonchev–Trinajstić information content (AvgIpc) is 2.55. The van der Waals surface area contributed by atoms with E-state index in [9.17, 15) is 4.79 Å². The van der Waals surface area contributed by atoms with E-state index >= 15 is 0 Å². The van der Waals surface area contributed by atoms with Gasteiger partial charge in [0.1, 0.15) is 0 Å². The van der Waals surface area contributed by atoms with Crippen molar-refractivity contribution in [3.8, 4) is 0 Å². The Morgan fingerprint density at radius 2 is 2.00 bits per heavy atom. The minimum Gasteiger partial charge on any atom is -0.398 e. The molecule has 0 aromatic heterocycles. The van der Waals surface area contributed by atoms with Crippen LogP contribution in [0.2, 0.25) is 0 Å². The first kappa shape index (κ1) is 13.9. The van der Waals surface area contributed by atoms with Crippen LogP contribution in [0.3, 0.4) is 0 Å². The van der Waals surface area contributed by atoms with Gasteiger partial charge in [0.15, 0.2) is 5.78 Å². The Balaban J connectivity index is 2.10. The third kappa shape index (κ3) is 3.49. The normalized spacial score (nSPS) is 23.7. The fourth-order valence-corrected chi connectivity index (χ4v) is 2.89. The van der Waals surface area contributed by atoms with Gasteiger partial charge in [-0.1, -0.05) is 26.2 Å². The molecule has 2 atom stereocenters. The molecule has 3 N–H and O–H groups in total. The van der Waals surface area contributed by atoms with Gasteiger partial charge in [-0.3, -0.25) is 4.79 Å². The van der Waals surface area contributed by atoms with E-state index in [0.29, 0.717) is 23.2 Å². The number of nitrogens with two attached hydrogens (primary N) is 1. The lowest BCUT2D eigenvalue weighted by Gasteiger charge is -2.24. The summed E-state index contributed by atoms with van der Waals surface area (Å²) in [4.78, 5) is 11.4. The van der Waals surface area contributed by atoms with Gasteiger partial charge in [0, 0.05) is 23.0 Å². The number of Topliss-reactive ketones (excluding diaryl/α,β-unsaturated/α-hetero) is 1.